The number of ketones is 1. The Balaban J connectivity index is 1.87. The van der Waals surface area contributed by atoms with E-state index in [9.17, 15) is 9.59 Å². The number of hydrogen-bond donors (Lipinski definition) is 1. The number of halogens is 1. The van der Waals surface area contributed by atoms with Crippen LogP contribution >= 0.6 is 11.6 Å². The van der Waals surface area contributed by atoms with Gasteiger partial charge in [-0.1, -0.05) is 35.4 Å². The predicted octanol–water partition coefficient (Wildman–Crippen LogP) is 3.94. The van der Waals surface area contributed by atoms with Crippen molar-refractivity contribution in [2.24, 2.45) is 0 Å². The normalized spacial score (nSPS) is 10.3. The summed E-state index contributed by atoms with van der Waals surface area (Å²) >= 11 is 5.90. The first-order valence-electron chi connectivity index (χ1n) is 7.68. The Kier molecular flexibility index (Phi) is 6.38. The molecule has 0 saturated heterocycles. The van der Waals surface area contributed by atoms with E-state index in [2.05, 4.69) is 5.32 Å². The van der Waals surface area contributed by atoms with Crippen LogP contribution in [0.4, 0.5) is 0 Å². The fourth-order valence-electron chi connectivity index (χ4n) is 2.34. The Morgan fingerprint density at radius 1 is 1.12 bits per heavy atom. The molecule has 0 aromatic heterocycles. The summed E-state index contributed by atoms with van der Waals surface area (Å²) in [6, 6.07) is 12.7. The molecule has 0 radical (unpaired) electrons. The molecule has 0 aliphatic rings. The summed E-state index contributed by atoms with van der Waals surface area (Å²) in [5.74, 6) is 0.258. The minimum Gasteiger partial charge on any atom is -0.496 e. The van der Waals surface area contributed by atoms with E-state index in [0.717, 1.165) is 11.1 Å². The Bertz CT molecular complexity index is 743. The third-order valence-corrected chi connectivity index (χ3v) is 3.85. The van der Waals surface area contributed by atoms with Crippen LogP contribution in [-0.4, -0.2) is 18.8 Å². The van der Waals surface area contributed by atoms with Crippen LogP contribution in [0.25, 0.3) is 0 Å². The minimum atomic E-state index is -0.171. The van der Waals surface area contributed by atoms with E-state index in [0.29, 0.717) is 22.9 Å². The molecule has 0 aliphatic carbocycles. The van der Waals surface area contributed by atoms with Crippen LogP contribution in [0.3, 0.4) is 0 Å². The Morgan fingerprint density at radius 2 is 1.92 bits per heavy atom. The average molecular weight is 346 g/mol. The number of benzene rings is 2. The predicted molar refractivity (Wildman–Crippen MR) is 94.6 cm³/mol. The number of Topliss-reactive ketones (excluding diaryl/α,β-unsaturated/α-hetero) is 1. The smallest absolute Gasteiger partial charge is 0.220 e. The maximum absolute atomic E-state index is 12.3. The lowest BCUT2D eigenvalue weighted by atomic mass is 10.0. The zero-order chi connectivity index (χ0) is 17.5. The highest BCUT2D eigenvalue weighted by atomic mass is 35.5. The van der Waals surface area contributed by atoms with Gasteiger partial charge in [0, 0.05) is 24.4 Å². The number of methoxy groups -OCH3 is 1. The number of aryl methyl sites for hydroxylation is 1. The van der Waals surface area contributed by atoms with Gasteiger partial charge in [-0.25, -0.2) is 0 Å². The fraction of sp³-hybridized carbons (Fsp3) is 0.263. The second-order valence-electron chi connectivity index (χ2n) is 5.53. The summed E-state index contributed by atoms with van der Waals surface area (Å²) in [4.78, 5) is 24.3. The third kappa shape index (κ3) is 5.10. The third-order valence-electron chi connectivity index (χ3n) is 3.61. The second kappa shape index (κ2) is 8.50. The summed E-state index contributed by atoms with van der Waals surface area (Å²) in [7, 11) is 1.53. The van der Waals surface area contributed by atoms with E-state index in [-0.39, 0.29) is 24.5 Å². The van der Waals surface area contributed by atoms with Crippen LogP contribution < -0.4 is 10.1 Å². The second-order valence-corrected chi connectivity index (χ2v) is 5.97. The molecule has 0 unspecified atom stereocenters. The van der Waals surface area contributed by atoms with E-state index >= 15 is 0 Å². The van der Waals surface area contributed by atoms with Crippen molar-refractivity contribution < 1.29 is 14.3 Å². The lowest BCUT2D eigenvalue weighted by Gasteiger charge is -2.09. The summed E-state index contributed by atoms with van der Waals surface area (Å²) in [5, 5.41) is 3.42. The number of rotatable bonds is 7. The first-order chi connectivity index (χ1) is 11.5. The molecule has 0 bridgehead atoms. The van der Waals surface area contributed by atoms with Gasteiger partial charge in [-0.15, -0.1) is 0 Å². The van der Waals surface area contributed by atoms with Gasteiger partial charge in [0.15, 0.2) is 5.78 Å². The highest BCUT2D eigenvalue weighted by Gasteiger charge is 2.14. The van der Waals surface area contributed by atoms with E-state index in [1.165, 1.54) is 7.11 Å². The number of hydrogen-bond acceptors (Lipinski definition) is 3. The molecule has 1 amide bonds. The van der Waals surface area contributed by atoms with Gasteiger partial charge >= 0.3 is 0 Å². The average Bonchev–Trinajstić information content (AvgIpc) is 2.58. The van der Waals surface area contributed by atoms with E-state index < -0.39 is 0 Å². The van der Waals surface area contributed by atoms with Gasteiger partial charge in [0.05, 0.1) is 12.7 Å². The van der Waals surface area contributed by atoms with Crippen LogP contribution in [0.2, 0.25) is 5.02 Å². The standard InChI is InChI=1S/C19H20ClNO3/c1-13-6-8-18(24-2)16(10-13)17(22)7-9-19(23)21-12-14-4-3-5-15(20)11-14/h3-6,8,10-11H,7,9,12H2,1-2H3,(H,21,23). The first kappa shape index (κ1) is 18.0. The van der Waals surface area contributed by atoms with Crippen LogP contribution in [0.15, 0.2) is 42.5 Å². The van der Waals surface area contributed by atoms with Crippen molar-refractivity contribution >= 4 is 23.3 Å². The molecule has 0 atom stereocenters. The molecule has 126 valence electrons. The van der Waals surface area contributed by atoms with Crippen LogP contribution in [0.5, 0.6) is 5.75 Å². The van der Waals surface area contributed by atoms with Crippen LogP contribution in [0.1, 0.15) is 34.3 Å². The molecule has 0 fully saturated rings. The maximum atomic E-state index is 12.3. The molecule has 2 aromatic rings. The molecule has 1 N–H and O–H groups in total. The number of carbonyl (C=O) groups excluding carboxylic acids is 2. The Labute approximate surface area is 146 Å². The number of ether oxygens (including phenoxy) is 1. The lowest BCUT2D eigenvalue weighted by Crippen LogP contribution is -2.23. The van der Waals surface area contributed by atoms with Crippen molar-refractivity contribution in [3.8, 4) is 5.75 Å². The summed E-state index contributed by atoms with van der Waals surface area (Å²) in [6.07, 6.45) is 0.275. The molecule has 5 heteroatoms. The molecule has 2 aromatic carbocycles. The lowest BCUT2D eigenvalue weighted by molar-refractivity contribution is -0.121. The quantitative estimate of drug-likeness (QED) is 0.773. The fourth-order valence-corrected chi connectivity index (χ4v) is 2.55. The van der Waals surface area contributed by atoms with E-state index in [1.807, 2.05) is 25.1 Å². The number of carbonyl (C=O) groups is 2. The van der Waals surface area contributed by atoms with Gasteiger partial charge in [0.1, 0.15) is 5.75 Å². The minimum absolute atomic E-state index is 0.103. The van der Waals surface area contributed by atoms with Crippen molar-refractivity contribution in [1.82, 2.24) is 5.32 Å². The molecule has 0 saturated carbocycles. The van der Waals surface area contributed by atoms with Gasteiger partial charge in [0.25, 0.3) is 0 Å². The van der Waals surface area contributed by atoms with Gasteiger partial charge in [-0.2, -0.15) is 0 Å². The van der Waals surface area contributed by atoms with Crippen molar-refractivity contribution in [3.63, 3.8) is 0 Å². The molecule has 0 spiro atoms. The molecule has 24 heavy (non-hydrogen) atoms. The zero-order valence-corrected chi connectivity index (χ0v) is 14.5. The largest absolute Gasteiger partial charge is 0.496 e. The van der Waals surface area contributed by atoms with Crippen molar-refractivity contribution in [1.29, 1.82) is 0 Å². The number of amides is 1. The van der Waals surface area contributed by atoms with Gasteiger partial charge in [-0.05, 0) is 36.8 Å². The summed E-state index contributed by atoms with van der Waals surface area (Å²) in [6.45, 7) is 2.30. The van der Waals surface area contributed by atoms with Crippen LogP contribution in [-0.2, 0) is 11.3 Å². The zero-order valence-electron chi connectivity index (χ0n) is 13.8. The maximum Gasteiger partial charge on any atom is 0.220 e. The monoisotopic (exact) mass is 345 g/mol. The van der Waals surface area contributed by atoms with Crippen molar-refractivity contribution in [2.75, 3.05) is 7.11 Å². The molecule has 2 rings (SSSR count). The highest BCUT2D eigenvalue weighted by molar-refractivity contribution is 6.30. The molecule has 4 nitrogen and oxygen atoms in total. The van der Waals surface area contributed by atoms with Crippen molar-refractivity contribution in [3.05, 3.63) is 64.2 Å². The van der Waals surface area contributed by atoms with Gasteiger partial charge in [0.2, 0.25) is 5.91 Å². The molecule has 0 heterocycles. The van der Waals surface area contributed by atoms with E-state index in [4.69, 9.17) is 16.3 Å². The molecule has 0 aliphatic heterocycles. The van der Waals surface area contributed by atoms with E-state index in [1.54, 1.807) is 24.3 Å². The Hall–Kier alpha value is -2.33. The SMILES string of the molecule is COc1ccc(C)cc1C(=O)CCC(=O)NCc1cccc(Cl)c1. The number of nitrogens with one attached hydrogen (secondary N) is 1. The Morgan fingerprint density at radius 3 is 2.62 bits per heavy atom. The summed E-state index contributed by atoms with van der Waals surface area (Å²) in [5.41, 5.74) is 2.41. The molecular formula is C19H20ClNO3. The van der Waals surface area contributed by atoms with Gasteiger partial charge < -0.3 is 10.1 Å². The summed E-state index contributed by atoms with van der Waals surface area (Å²) < 4.78 is 5.21. The highest BCUT2D eigenvalue weighted by Crippen LogP contribution is 2.21. The van der Waals surface area contributed by atoms with Crippen LogP contribution in [0, 0.1) is 6.92 Å². The van der Waals surface area contributed by atoms with Gasteiger partial charge in [-0.3, -0.25) is 9.59 Å². The van der Waals surface area contributed by atoms with Crippen molar-refractivity contribution in [2.45, 2.75) is 26.3 Å². The molecular weight excluding hydrogens is 326 g/mol. The first-order valence-corrected chi connectivity index (χ1v) is 8.06. The topological polar surface area (TPSA) is 55.4 Å².